The van der Waals surface area contributed by atoms with Gasteiger partial charge < -0.3 is 19.9 Å². The van der Waals surface area contributed by atoms with Crippen molar-refractivity contribution in [1.29, 1.82) is 0 Å². The van der Waals surface area contributed by atoms with Crippen LogP contribution in [0.1, 0.15) is 13.8 Å². The fraction of sp³-hybridized carbons (Fsp3) is 0.571. The molecule has 2 aromatic rings. The number of nitrogens with two attached hydrogens (primary N) is 1. The van der Waals surface area contributed by atoms with Crippen molar-refractivity contribution in [2.75, 3.05) is 24.5 Å². The van der Waals surface area contributed by atoms with Crippen LogP contribution in [-0.2, 0) is 11.8 Å². The van der Waals surface area contributed by atoms with E-state index >= 15 is 0 Å². The Hall–Kier alpha value is -1.66. The van der Waals surface area contributed by atoms with Crippen molar-refractivity contribution >= 4 is 16.9 Å². The fourth-order valence-electron chi connectivity index (χ4n) is 2.86. The van der Waals surface area contributed by atoms with Gasteiger partial charge in [0.15, 0.2) is 5.82 Å². The van der Waals surface area contributed by atoms with E-state index < -0.39 is 0 Å². The number of aryl methyl sites for hydroxylation is 1. The number of morpholine rings is 1. The molecule has 3 rings (SSSR count). The standard InChI is InChI=1S/C14H21N5O/c1-14(2)8-19(7-10(6-15)20-14)13-12-11(4-5-16-13)18(3)9-17-12/h4-5,9-10H,6-8,15H2,1-3H3. The molecule has 1 fully saturated rings. The molecule has 0 saturated carbocycles. The van der Waals surface area contributed by atoms with E-state index in [1.165, 1.54) is 0 Å². The van der Waals surface area contributed by atoms with Crippen molar-refractivity contribution in [3.8, 4) is 0 Å². The minimum absolute atomic E-state index is 0.0273. The van der Waals surface area contributed by atoms with Crippen molar-refractivity contribution in [3.05, 3.63) is 18.6 Å². The van der Waals surface area contributed by atoms with Gasteiger partial charge in [0.05, 0.1) is 23.5 Å². The second kappa shape index (κ2) is 4.71. The van der Waals surface area contributed by atoms with Crippen LogP contribution in [-0.4, -0.2) is 45.9 Å². The number of imidazole rings is 1. The summed E-state index contributed by atoms with van der Waals surface area (Å²) in [6, 6.07) is 1.98. The Bertz CT molecular complexity index is 621. The number of hydrogen-bond acceptors (Lipinski definition) is 5. The number of pyridine rings is 1. The Morgan fingerprint density at radius 3 is 3.00 bits per heavy atom. The van der Waals surface area contributed by atoms with Gasteiger partial charge >= 0.3 is 0 Å². The van der Waals surface area contributed by atoms with Gasteiger partial charge in [-0.2, -0.15) is 0 Å². The average molecular weight is 275 g/mol. The quantitative estimate of drug-likeness (QED) is 0.882. The van der Waals surface area contributed by atoms with Crippen LogP contribution < -0.4 is 10.6 Å². The fourth-order valence-corrected chi connectivity index (χ4v) is 2.86. The molecule has 1 saturated heterocycles. The Kier molecular flexibility index (Phi) is 3.14. The van der Waals surface area contributed by atoms with Crippen LogP contribution in [0.25, 0.3) is 11.0 Å². The Morgan fingerprint density at radius 1 is 1.45 bits per heavy atom. The van der Waals surface area contributed by atoms with Gasteiger partial charge in [-0.1, -0.05) is 0 Å². The van der Waals surface area contributed by atoms with Gasteiger partial charge in [-0.3, -0.25) is 0 Å². The van der Waals surface area contributed by atoms with E-state index in [0.717, 1.165) is 29.9 Å². The number of anilines is 1. The highest BCUT2D eigenvalue weighted by Crippen LogP contribution is 2.28. The third-order valence-corrected chi connectivity index (χ3v) is 3.67. The molecule has 6 heteroatoms. The van der Waals surface area contributed by atoms with E-state index in [4.69, 9.17) is 10.5 Å². The first kappa shape index (κ1) is 13.3. The van der Waals surface area contributed by atoms with Gasteiger partial charge in [0.25, 0.3) is 0 Å². The number of nitrogens with zero attached hydrogens (tertiary/aromatic N) is 4. The Balaban J connectivity index is 2.01. The topological polar surface area (TPSA) is 69.2 Å². The largest absolute Gasteiger partial charge is 0.367 e. The predicted molar refractivity (Wildman–Crippen MR) is 78.7 cm³/mol. The zero-order chi connectivity index (χ0) is 14.3. The molecule has 1 aliphatic rings. The molecular weight excluding hydrogens is 254 g/mol. The molecule has 2 N–H and O–H groups in total. The zero-order valence-electron chi connectivity index (χ0n) is 12.2. The summed E-state index contributed by atoms with van der Waals surface area (Å²) in [6.45, 7) is 6.22. The summed E-state index contributed by atoms with van der Waals surface area (Å²) in [6.07, 6.45) is 3.68. The summed E-state index contributed by atoms with van der Waals surface area (Å²) in [7, 11) is 1.99. The molecule has 1 aliphatic heterocycles. The molecule has 0 bridgehead atoms. The van der Waals surface area contributed by atoms with Gasteiger partial charge in [0.1, 0.15) is 5.52 Å². The van der Waals surface area contributed by atoms with Gasteiger partial charge in [-0.25, -0.2) is 9.97 Å². The molecule has 0 aromatic carbocycles. The lowest BCUT2D eigenvalue weighted by Crippen LogP contribution is -2.55. The van der Waals surface area contributed by atoms with Gasteiger partial charge in [0, 0.05) is 32.9 Å². The van der Waals surface area contributed by atoms with Crippen molar-refractivity contribution in [2.24, 2.45) is 12.8 Å². The van der Waals surface area contributed by atoms with Crippen LogP contribution >= 0.6 is 0 Å². The molecule has 0 aliphatic carbocycles. The monoisotopic (exact) mass is 275 g/mol. The van der Waals surface area contributed by atoms with Gasteiger partial charge in [-0.15, -0.1) is 0 Å². The molecule has 108 valence electrons. The summed E-state index contributed by atoms with van der Waals surface area (Å²) in [4.78, 5) is 11.2. The molecular formula is C14H21N5O. The van der Waals surface area contributed by atoms with E-state index in [1.54, 1.807) is 0 Å². The Labute approximate surface area is 118 Å². The third kappa shape index (κ3) is 2.25. The van der Waals surface area contributed by atoms with Crippen molar-refractivity contribution in [2.45, 2.75) is 25.6 Å². The number of hydrogen-bond donors (Lipinski definition) is 1. The van der Waals surface area contributed by atoms with Crippen LogP contribution in [0.15, 0.2) is 18.6 Å². The van der Waals surface area contributed by atoms with Gasteiger partial charge in [0.2, 0.25) is 0 Å². The second-order valence-electron chi connectivity index (χ2n) is 5.97. The van der Waals surface area contributed by atoms with Crippen LogP contribution in [0.5, 0.6) is 0 Å². The molecule has 1 unspecified atom stereocenters. The van der Waals surface area contributed by atoms with Crippen LogP contribution in [0.2, 0.25) is 0 Å². The maximum atomic E-state index is 5.97. The number of fused-ring (bicyclic) bond motifs is 1. The molecule has 0 radical (unpaired) electrons. The molecule has 6 nitrogen and oxygen atoms in total. The maximum absolute atomic E-state index is 5.97. The highest BCUT2D eigenvalue weighted by Gasteiger charge is 2.34. The molecule has 1 atom stereocenters. The summed E-state index contributed by atoms with van der Waals surface area (Å²) >= 11 is 0. The zero-order valence-corrected chi connectivity index (χ0v) is 12.2. The van der Waals surface area contributed by atoms with Crippen LogP contribution in [0, 0.1) is 0 Å². The lowest BCUT2D eigenvalue weighted by Gasteiger charge is -2.43. The van der Waals surface area contributed by atoms with Crippen molar-refractivity contribution in [1.82, 2.24) is 14.5 Å². The van der Waals surface area contributed by atoms with Gasteiger partial charge in [-0.05, 0) is 19.9 Å². The van der Waals surface area contributed by atoms with Crippen molar-refractivity contribution < 1.29 is 4.74 Å². The molecule has 0 spiro atoms. The first-order valence-corrected chi connectivity index (χ1v) is 6.89. The summed E-state index contributed by atoms with van der Waals surface area (Å²) < 4.78 is 7.98. The molecule has 0 amide bonds. The highest BCUT2D eigenvalue weighted by atomic mass is 16.5. The minimum atomic E-state index is -0.235. The van der Waals surface area contributed by atoms with E-state index in [2.05, 4.69) is 28.7 Å². The summed E-state index contributed by atoms with van der Waals surface area (Å²) in [5.74, 6) is 0.915. The van der Waals surface area contributed by atoms with Crippen LogP contribution in [0.4, 0.5) is 5.82 Å². The summed E-state index contributed by atoms with van der Waals surface area (Å²) in [5, 5.41) is 0. The lowest BCUT2D eigenvalue weighted by molar-refractivity contribution is -0.0789. The molecule has 3 heterocycles. The number of rotatable bonds is 2. The smallest absolute Gasteiger partial charge is 0.156 e. The Morgan fingerprint density at radius 2 is 2.25 bits per heavy atom. The predicted octanol–water partition coefficient (Wildman–Crippen LogP) is 0.911. The summed E-state index contributed by atoms with van der Waals surface area (Å²) in [5.41, 5.74) is 7.57. The average Bonchev–Trinajstić information content (AvgIpc) is 2.79. The first-order chi connectivity index (χ1) is 9.50. The first-order valence-electron chi connectivity index (χ1n) is 6.89. The SMILES string of the molecule is Cn1cnc2c(N3CC(CN)OC(C)(C)C3)nccc21. The maximum Gasteiger partial charge on any atom is 0.156 e. The third-order valence-electron chi connectivity index (χ3n) is 3.67. The number of ether oxygens (including phenoxy) is 1. The molecule has 2 aromatic heterocycles. The lowest BCUT2D eigenvalue weighted by atomic mass is 10.0. The van der Waals surface area contributed by atoms with E-state index in [1.807, 2.05) is 30.2 Å². The second-order valence-corrected chi connectivity index (χ2v) is 5.97. The van der Waals surface area contributed by atoms with E-state index in [0.29, 0.717) is 6.54 Å². The normalized spacial score (nSPS) is 22.4. The molecule has 20 heavy (non-hydrogen) atoms. The van der Waals surface area contributed by atoms with Crippen LogP contribution in [0.3, 0.4) is 0 Å². The van der Waals surface area contributed by atoms with E-state index in [9.17, 15) is 0 Å². The minimum Gasteiger partial charge on any atom is -0.367 e. The number of aromatic nitrogens is 3. The van der Waals surface area contributed by atoms with E-state index in [-0.39, 0.29) is 11.7 Å². The van der Waals surface area contributed by atoms with Crippen molar-refractivity contribution in [3.63, 3.8) is 0 Å². The highest BCUT2D eigenvalue weighted by molar-refractivity contribution is 5.86.